The average Bonchev–Trinajstić information content (AvgIpc) is 3.69. The molecule has 0 bridgehead atoms. The normalized spacial score (nSPS) is 20.1. The summed E-state index contributed by atoms with van der Waals surface area (Å²) in [5.41, 5.74) is 9.78. The van der Waals surface area contributed by atoms with Crippen molar-refractivity contribution >= 4 is 28.9 Å². The van der Waals surface area contributed by atoms with Crippen LogP contribution in [0.5, 0.6) is 0 Å². The number of rotatable bonds is 9. The Bertz CT molecular complexity index is 2000. The van der Waals surface area contributed by atoms with Gasteiger partial charge < -0.3 is 9.80 Å². The van der Waals surface area contributed by atoms with Crippen molar-refractivity contribution in [3.8, 4) is 0 Å². The van der Waals surface area contributed by atoms with Crippen LogP contribution in [-0.2, 0) is 5.41 Å². The minimum Gasteiger partial charge on any atom is -0.368 e. The first-order chi connectivity index (χ1) is 29.9. The van der Waals surface area contributed by atoms with Crippen molar-refractivity contribution in [2.24, 2.45) is 17.3 Å². The van der Waals surface area contributed by atoms with Crippen molar-refractivity contribution in [1.82, 2.24) is 0 Å². The molecule has 64 heavy (non-hydrogen) atoms. The van der Waals surface area contributed by atoms with E-state index in [9.17, 15) is 4.79 Å². The van der Waals surface area contributed by atoms with Crippen LogP contribution < -0.4 is 9.80 Å². The molecule has 0 amide bonds. The van der Waals surface area contributed by atoms with Gasteiger partial charge in [0.05, 0.1) is 0 Å². The number of benzene rings is 2. The zero-order valence-corrected chi connectivity index (χ0v) is 42.2. The fraction of sp³-hybridized carbons (Fsp3) is 0.467. The minimum absolute atomic E-state index is 0. The molecule has 0 N–H and O–H groups in total. The van der Waals surface area contributed by atoms with Crippen LogP contribution in [0.2, 0.25) is 0 Å². The van der Waals surface area contributed by atoms with Gasteiger partial charge in [0.2, 0.25) is 0 Å². The van der Waals surface area contributed by atoms with E-state index < -0.39 is 0 Å². The molecule has 352 valence electrons. The lowest BCUT2D eigenvalue weighted by Gasteiger charge is -2.52. The Morgan fingerprint density at radius 1 is 0.922 bits per heavy atom. The summed E-state index contributed by atoms with van der Waals surface area (Å²) >= 11 is 1.69. The Morgan fingerprint density at radius 2 is 1.58 bits per heavy atom. The van der Waals surface area contributed by atoms with Crippen molar-refractivity contribution in [2.45, 2.75) is 154 Å². The Labute approximate surface area is 399 Å². The van der Waals surface area contributed by atoms with E-state index in [4.69, 9.17) is 0 Å². The summed E-state index contributed by atoms with van der Waals surface area (Å²) in [4.78, 5) is 20.4. The highest BCUT2D eigenvalue weighted by Crippen LogP contribution is 2.51. The SMILES string of the molecule is C.C.C/C=C\C=C=CC(C)(C)C1C=CC=CC(N(C)c2cccc(C(=O)C3=C(SC)CC=C(N4c5ccccc5C(C)(C)[C@H]5C=CCCC54)C=C3)c2)C1.CC.CC.CC=CC.CCC. The molecule has 4 atom stereocenters. The van der Waals surface area contributed by atoms with Crippen molar-refractivity contribution in [1.29, 1.82) is 0 Å². The molecule has 4 aliphatic rings. The molecule has 0 radical (unpaired) electrons. The fourth-order valence-electron chi connectivity index (χ4n) is 8.34. The summed E-state index contributed by atoms with van der Waals surface area (Å²) in [5, 5.41) is 0. The quantitative estimate of drug-likeness (QED) is 0.108. The summed E-state index contributed by atoms with van der Waals surface area (Å²) in [7, 11) is 2.15. The number of hydrogen-bond donors (Lipinski definition) is 0. The van der Waals surface area contributed by atoms with Crippen LogP contribution in [-0.4, -0.2) is 31.2 Å². The molecule has 0 aromatic heterocycles. The van der Waals surface area contributed by atoms with Gasteiger partial charge in [-0.3, -0.25) is 4.79 Å². The second-order valence-corrected chi connectivity index (χ2v) is 17.7. The predicted molar refractivity (Wildman–Crippen MR) is 293 cm³/mol. The van der Waals surface area contributed by atoms with Crippen molar-refractivity contribution < 1.29 is 4.79 Å². The Balaban J connectivity index is 0.00000279. The first-order valence-electron chi connectivity index (χ1n) is 23.5. The van der Waals surface area contributed by atoms with Crippen LogP contribution in [0.15, 0.2) is 162 Å². The number of para-hydroxylation sites is 1. The van der Waals surface area contributed by atoms with Crippen molar-refractivity contribution in [2.75, 3.05) is 23.1 Å². The predicted octanol–water partition coefficient (Wildman–Crippen LogP) is 18.0. The van der Waals surface area contributed by atoms with Crippen LogP contribution in [0.4, 0.5) is 11.4 Å². The molecule has 0 fully saturated rings. The molecule has 0 saturated heterocycles. The summed E-state index contributed by atoms with van der Waals surface area (Å²) in [6, 6.07) is 17.7. The van der Waals surface area contributed by atoms with Crippen LogP contribution in [0.1, 0.15) is 153 Å². The summed E-state index contributed by atoms with van der Waals surface area (Å²) in [5.74, 6) is 0.833. The number of nitrogens with zero attached hydrogens (tertiary/aromatic N) is 2. The third kappa shape index (κ3) is 15.6. The Hall–Kier alpha value is -4.50. The largest absolute Gasteiger partial charge is 0.368 e. The van der Waals surface area contributed by atoms with Gasteiger partial charge >= 0.3 is 0 Å². The van der Waals surface area contributed by atoms with Crippen molar-refractivity contribution in [3.63, 3.8) is 0 Å². The molecule has 1 aliphatic heterocycles. The number of fused-ring (bicyclic) bond motifs is 2. The molecule has 2 aromatic carbocycles. The highest BCUT2D eigenvalue weighted by atomic mass is 32.2. The third-order valence-electron chi connectivity index (χ3n) is 11.8. The van der Waals surface area contributed by atoms with E-state index in [-0.39, 0.29) is 37.5 Å². The highest BCUT2D eigenvalue weighted by Gasteiger charge is 2.46. The maximum Gasteiger partial charge on any atom is 0.193 e. The van der Waals surface area contributed by atoms with Gasteiger partial charge in [-0.25, -0.2) is 0 Å². The smallest absolute Gasteiger partial charge is 0.193 e. The third-order valence-corrected chi connectivity index (χ3v) is 12.7. The molecule has 1 heterocycles. The number of hydrogen-bond acceptors (Lipinski definition) is 4. The molecular formula is C60H90N2OS. The number of thioether (sulfide) groups is 1. The lowest BCUT2D eigenvalue weighted by Crippen LogP contribution is -2.52. The van der Waals surface area contributed by atoms with E-state index in [1.165, 1.54) is 23.4 Å². The van der Waals surface area contributed by atoms with E-state index in [1.807, 2.05) is 91.0 Å². The molecule has 3 aliphatic carbocycles. The summed E-state index contributed by atoms with van der Waals surface area (Å²) in [6.07, 6.45) is 39.8. The molecule has 0 saturated carbocycles. The van der Waals surface area contributed by atoms with Crippen LogP contribution >= 0.6 is 11.8 Å². The zero-order chi connectivity index (χ0) is 46.3. The lowest BCUT2D eigenvalue weighted by molar-refractivity contribution is 0.103. The number of likely N-dealkylation sites (N-methyl/N-ethyl adjacent to an activating group) is 1. The van der Waals surface area contributed by atoms with Gasteiger partial charge in [-0.2, -0.15) is 0 Å². The number of anilines is 2. The van der Waals surface area contributed by atoms with Crippen LogP contribution in [0, 0.1) is 17.3 Å². The second-order valence-electron chi connectivity index (χ2n) is 16.8. The molecule has 3 unspecified atom stereocenters. The second kappa shape index (κ2) is 30.6. The van der Waals surface area contributed by atoms with Crippen LogP contribution in [0.25, 0.3) is 0 Å². The molecule has 2 aromatic rings. The Kier molecular flexibility index (Phi) is 28.5. The number of ketones is 1. The van der Waals surface area contributed by atoms with E-state index in [0.717, 1.165) is 47.4 Å². The molecule has 4 heteroatoms. The van der Waals surface area contributed by atoms with Gasteiger partial charge in [-0.15, -0.1) is 17.5 Å². The standard InChI is InChI=1S/C47H54N2OS.C4H8.C3H8.2C2H6.2CH4/c1-8-9-10-17-31-46(2,3)35-20-11-12-21-38(33-35)48(6)37-22-18-19-34(32-37)45(50)39-29-27-36(28-30-44(39)51-7)49-42-25-15-13-23-40(42)47(4,5)41-24-14-16-26-43(41)49;1-3-4-2;1-3-2;2*1-2;;/h8-15,18-25,27-29,31-32,35,38,41,43H,16,26,30,33H2,1-7H3;3-4H,1-2H3;3H2,1-2H3;2*1-2H3;2*1H4/b9-8-;;;;;;/t17?,35?,38?,41-,43?;;;;;;/m0....../s1. The van der Waals surface area contributed by atoms with E-state index in [2.05, 4.69) is 168 Å². The number of carbonyl (C=O) groups excluding carboxylic acids is 1. The minimum atomic E-state index is -0.0575. The highest BCUT2D eigenvalue weighted by molar-refractivity contribution is 8.02. The molecule has 6 rings (SSSR count). The first-order valence-corrected chi connectivity index (χ1v) is 24.7. The summed E-state index contributed by atoms with van der Waals surface area (Å²) in [6.45, 7) is 27.6. The number of Topliss-reactive ketones (excluding diaryl/α,β-unsaturated/α-hetero) is 1. The fourth-order valence-corrected chi connectivity index (χ4v) is 8.97. The van der Waals surface area contributed by atoms with Crippen molar-refractivity contribution in [3.05, 3.63) is 173 Å². The maximum absolute atomic E-state index is 14.4. The average molecular weight is 887 g/mol. The number of allylic oxidation sites excluding steroid dienone is 14. The van der Waals surface area contributed by atoms with E-state index >= 15 is 0 Å². The maximum atomic E-state index is 14.4. The van der Waals surface area contributed by atoms with Gasteiger partial charge in [0, 0.05) is 53.3 Å². The van der Waals surface area contributed by atoms with Gasteiger partial charge in [-0.05, 0) is 122 Å². The summed E-state index contributed by atoms with van der Waals surface area (Å²) < 4.78 is 0. The molecule has 3 nitrogen and oxygen atoms in total. The van der Waals surface area contributed by atoms with Crippen LogP contribution in [0.3, 0.4) is 0 Å². The zero-order valence-electron chi connectivity index (χ0n) is 41.3. The van der Waals surface area contributed by atoms with E-state index in [1.54, 1.807) is 11.8 Å². The molecular weight excluding hydrogens is 797 g/mol. The lowest BCUT2D eigenvalue weighted by atomic mass is 9.64. The molecule has 0 spiro atoms. The van der Waals surface area contributed by atoms with Gasteiger partial charge in [-0.1, -0.05) is 188 Å². The first kappa shape index (κ1) is 59.5. The topological polar surface area (TPSA) is 23.6 Å². The monoisotopic (exact) mass is 887 g/mol. The van der Waals surface area contributed by atoms with Gasteiger partial charge in [0.25, 0.3) is 0 Å². The van der Waals surface area contributed by atoms with Gasteiger partial charge in [0.1, 0.15) is 0 Å². The van der Waals surface area contributed by atoms with E-state index in [0.29, 0.717) is 17.9 Å². The Morgan fingerprint density at radius 3 is 2.22 bits per heavy atom. The number of carbonyl (C=O) groups is 1. The van der Waals surface area contributed by atoms with Gasteiger partial charge in [0.15, 0.2) is 5.78 Å².